The number of halogens is 3. The van der Waals surface area contributed by atoms with Crippen molar-refractivity contribution >= 4 is 29.5 Å². The first-order chi connectivity index (χ1) is 7.15. The van der Waals surface area contributed by atoms with Gasteiger partial charge in [-0.25, -0.2) is 4.39 Å². The van der Waals surface area contributed by atoms with Crippen molar-refractivity contribution in [3.8, 4) is 0 Å². The van der Waals surface area contributed by atoms with Crippen LogP contribution in [0.1, 0.15) is 24.5 Å². The highest BCUT2D eigenvalue weighted by atomic mass is 35.5. The van der Waals surface area contributed by atoms with Gasteiger partial charge in [0.25, 0.3) is 0 Å². The fraction of sp³-hybridized carbons (Fsp3) is 0.400. The van der Waals surface area contributed by atoms with Gasteiger partial charge in [0, 0.05) is 0 Å². The van der Waals surface area contributed by atoms with Gasteiger partial charge in [-0.3, -0.25) is 4.98 Å². The average Bonchev–Trinajstić information content (AvgIpc) is 3.03. The van der Waals surface area contributed by atoms with E-state index < -0.39 is 5.82 Å². The molecular formula is C10H8Cl2FNO. The Morgan fingerprint density at radius 3 is 2.67 bits per heavy atom. The SMILES string of the molecule is O=CC(c1ncc(F)c(Cl)c1Cl)C1CC1. The zero-order valence-corrected chi connectivity index (χ0v) is 9.22. The summed E-state index contributed by atoms with van der Waals surface area (Å²) in [6, 6.07) is 0. The van der Waals surface area contributed by atoms with Gasteiger partial charge in [0.15, 0.2) is 5.82 Å². The number of hydrogen-bond donors (Lipinski definition) is 0. The smallest absolute Gasteiger partial charge is 0.161 e. The molecule has 1 saturated carbocycles. The monoisotopic (exact) mass is 247 g/mol. The fourth-order valence-corrected chi connectivity index (χ4v) is 1.95. The van der Waals surface area contributed by atoms with Gasteiger partial charge in [-0.1, -0.05) is 23.2 Å². The third-order valence-corrected chi connectivity index (χ3v) is 3.39. The summed E-state index contributed by atoms with van der Waals surface area (Å²) in [6.45, 7) is 0. The second-order valence-corrected chi connectivity index (χ2v) is 4.37. The lowest BCUT2D eigenvalue weighted by molar-refractivity contribution is -0.109. The van der Waals surface area contributed by atoms with Crippen molar-refractivity contribution in [2.24, 2.45) is 5.92 Å². The Kier molecular flexibility index (Phi) is 2.94. The molecule has 1 aromatic heterocycles. The Labute approximate surface area is 96.4 Å². The molecule has 0 aliphatic heterocycles. The summed E-state index contributed by atoms with van der Waals surface area (Å²) >= 11 is 11.5. The van der Waals surface area contributed by atoms with Crippen molar-refractivity contribution in [2.75, 3.05) is 0 Å². The predicted molar refractivity (Wildman–Crippen MR) is 55.7 cm³/mol. The van der Waals surface area contributed by atoms with Crippen LogP contribution in [0.4, 0.5) is 4.39 Å². The number of aromatic nitrogens is 1. The van der Waals surface area contributed by atoms with Crippen molar-refractivity contribution in [1.82, 2.24) is 4.98 Å². The highest BCUT2D eigenvalue weighted by molar-refractivity contribution is 6.42. The standard InChI is InChI=1S/C10H8Cl2FNO/c11-8-7(13)3-14-10(9(8)12)6(4-15)5-1-2-5/h3-6H,1-2H2. The summed E-state index contributed by atoms with van der Waals surface area (Å²) in [5.74, 6) is -0.726. The van der Waals surface area contributed by atoms with Crippen LogP contribution in [-0.4, -0.2) is 11.3 Å². The van der Waals surface area contributed by atoms with Crippen molar-refractivity contribution in [2.45, 2.75) is 18.8 Å². The first-order valence-corrected chi connectivity index (χ1v) is 5.35. The molecule has 1 atom stereocenters. The lowest BCUT2D eigenvalue weighted by Gasteiger charge is -2.11. The molecule has 1 aliphatic rings. The zero-order valence-electron chi connectivity index (χ0n) is 7.71. The minimum absolute atomic E-state index is 0.0562. The average molecular weight is 248 g/mol. The highest BCUT2D eigenvalue weighted by Crippen LogP contribution is 2.43. The van der Waals surface area contributed by atoms with Crippen LogP contribution in [0.15, 0.2) is 6.20 Å². The minimum atomic E-state index is -0.661. The van der Waals surface area contributed by atoms with E-state index in [1.54, 1.807) is 0 Å². The molecule has 0 N–H and O–H groups in total. The molecule has 1 heterocycles. The molecule has 0 spiro atoms. The van der Waals surface area contributed by atoms with Crippen LogP contribution in [0.2, 0.25) is 10.0 Å². The maximum atomic E-state index is 13.0. The molecule has 0 aromatic carbocycles. The van der Waals surface area contributed by atoms with Crippen LogP contribution in [0, 0.1) is 11.7 Å². The Morgan fingerprint density at radius 1 is 1.47 bits per heavy atom. The quantitative estimate of drug-likeness (QED) is 0.768. The van der Waals surface area contributed by atoms with E-state index in [-0.39, 0.29) is 21.9 Å². The number of rotatable bonds is 3. The van der Waals surface area contributed by atoms with Crippen LogP contribution in [0.25, 0.3) is 0 Å². The van der Waals surface area contributed by atoms with Crippen molar-refractivity contribution in [1.29, 1.82) is 0 Å². The van der Waals surface area contributed by atoms with E-state index in [1.165, 1.54) is 0 Å². The van der Waals surface area contributed by atoms with Crippen LogP contribution in [0.5, 0.6) is 0 Å². The third kappa shape index (κ3) is 1.99. The van der Waals surface area contributed by atoms with Crippen LogP contribution >= 0.6 is 23.2 Å². The second kappa shape index (κ2) is 4.06. The highest BCUT2D eigenvalue weighted by Gasteiger charge is 2.34. The van der Waals surface area contributed by atoms with E-state index in [0.29, 0.717) is 5.69 Å². The molecule has 0 radical (unpaired) electrons. The van der Waals surface area contributed by atoms with Gasteiger partial charge in [-0.05, 0) is 18.8 Å². The maximum absolute atomic E-state index is 13.0. The van der Waals surface area contributed by atoms with E-state index in [1.807, 2.05) is 0 Å². The largest absolute Gasteiger partial charge is 0.303 e. The third-order valence-electron chi connectivity index (χ3n) is 2.54. The number of carbonyl (C=O) groups excluding carboxylic acids is 1. The summed E-state index contributed by atoms with van der Waals surface area (Å²) in [5, 5.41) is -0.102. The minimum Gasteiger partial charge on any atom is -0.303 e. The normalized spacial score (nSPS) is 17.5. The summed E-state index contributed by atoms with van der Waals surface area (Å²) < 4.78 is 13.0. The topological polar surface area (TPSA) is 30.0 Å². The Balaban J connectivity index is 2.42. The van der Waals surface area contributed by atoms with Crippen molar-refractivity contribution < 1.29 is 9.18 Å². The molecule has 1 aliphatic carbocycles. The van der Waals surface area contributed by atoms with Gasteiger partial charge < -0.3 is 4.79 Å². The summed E-state index contributed by atoms with van der Waals surface area (Å²) in [4.78, 5) is 14.7. The number of nitrogens with zero attached hydrogens (tertiary/aromatic N) is 1. The maximum Gasteiger partial charge on any atom is 0.161 e. The van der Waals surface area contributed by atoms with Gasteiger partial charge in [0.2, 0.25) is 0 Å². The molecular weight excluding hydrogens is 240 g/mol. The number of pyridine rings is 1. The molecule has 1 aromatic rings. The fourth-order valence-electron chi connectivity index (χ4n) is 1.54. The molecule has 2 rings (SSSR count). The Hall–Kier alpha value is -0.670. The van der Waals surface area contributed by atoms with E-state index in [2.05, 4.69) is 4.98 Å². The van der Waals surface area contributed by atoms with Gasteiger partial charge in [0.1, 0.15) is 6.29 Å². The second-order valence-electron chi connectivity index (χ2n) is 3.62. The molecule has 0 amide bonds. The Bertz CT molecular complexity index is 407. The molecule has 5 heteroatoms. The van der Waals surface area contributed by atoms with Crippen molar-refractivity contribution in [3.63, 3.8) is 0 Å². The summed E-state index contributed by atoms with van der Waals surface area (Å²) in [5.41, 5.74) is 0.389. The molecule has 80 valence electrons. The molecule has 1 unspecified atom stereocenters. The first-order valence-electron chi connectivity index (χ1n) is 4.59. The molecule has 0 saturated heterocycles. The van der Waals surface area contributed by atoms with Gasteiger partial charge in [-0.2, -0.15) is 0 Å². The summed E-state index contributed by atoms with van der Waals surface area (Å²) in [7, 11) is 0. The van der Waals surface area contributed by atoms with Gasteiger partial charge in [-0.15, -0.1) is 0 Å². The number of carbonyl (C=O) groups is 1. The molecule has 2 nitrogen and oxygen atoms in total. The van der Waals surface area contributed by atoms with Gasteiger partial charge in [0.05, 0.1) is 27.9 Å². The van der Waals surface area contributed by atoms with E-state index in [9.17, 15) is 9.18 Å². The Morgan fingerprint density at radius 2 is 2.13 bits per heavy atom. The first kappa shape index (κ1) is 10.8. The summed E-state index contributed by atoms with van der Waals surface area (Å²) in [6.07, 6.45) is 3.77. The zero-order chi connectivity index (χ0) is 11.0. The molecule has 0 bridgehead atoms. The van der Waals surface area contributed by atoms with Crippen molar-refractivity contribution in [3.05, 3.63) is 27.8 Å². The number of aldehydes is 1. The van der Waals surface area contributed by atoms with Crippen LogP contribution < -0.4 is 0 Å². The van der Waals surface area contributed by atoms with E-state index >= 15 is 0 Å². The lowest BCUT2D eigenvalue weighted by atomic mass is 10.0. The predicted octanol–water partition coefficient (Wildman–Crippen LogP) is 3.22. The molecule has 15 heavy (non-hydrogen) atoms. The van der Waals surface area contributed by atoms with Crippen LogP contribution in [-0.2, 0) is 4.79 Å². The van der Waals surface area contributed by atoms with E-state index in [4.69, 9.17) is 23.2 Å². The number of hydrogen-bond acceptors (Lipinski definition) is 2. The lowest BCUT2D eigenvalue weighted by Crippen LogP contribution is -2.07. The molecule has 1 fully saturated rings. The van der Waals surface area contributed by atoms with Gasteiger partial charge >= 0.3 is 0 Å². The van der Waals surface area contributed by atoms with Crippen LogP contribution in [0.3, 0.4) is 0 Å². The van der Waals surface area contributed by atoms with E-state index in [0.717, 1.165) is 25.3 Å².